The molecule has 0 saturated carbocycles. The van der Waals surface area contributed by atoms with Crippen molar-refractivity contribution in [3.63, 3.8) is 0 Å². The number of aromatic nitrogens is 2. The van der Waals surface area contributed by atoms with Gasteiger partial charge >= 0.3 is 5.69 Å². The van der Waals surface area contributed by atoms with E-state index in [1.165, 1.54) is 10.9 Å². The zero-order chi connectivity index (χ0) is 11.5. The molecule has 1 heterocycles. The van der Waals surface area contributed by atoms with Gasteiger partial charge in [-0.1, -0.05) is 18.2 Å². The molecule has 6 nitrogen and oxygen atoms in total. The Kier molecular flexibility index (Phi) is 2.36. The van der Waals surface area contributed by atoms with Gasteiger partial charge in [-0.15, -0.1) is 5.10 Å². The van der Waals surface area contributed by atoms with E-state index in [0.717, 1.165) is 0 Å². The Hall–Kier alpha value is -2.68. The summed E-state index contributed by atoms with van der Waals surface area (Å²) in [4.78, 5) is 10.0. The van der Waals surface area contributed by atoms with Gasteiger partial charge in [0.15, 0.2) is 0 Å². The predicted octanol–water partition coefficient (Wildman–Crippen LogP) is 1.65. The Bertz CT molecular complexity index is 568. The summed E-state index contributed by atoms with van der Waals surface area (Å²) in [6.07, 6.45) is 1.23. The highest BCUT2D eigenvalue weighted by Crippen LogP contribution is 2.18. The van der Waals surface area contributed by atoms with Crippen LogP contribution in [0, 0.1) is 21.4 Å². The highest BCUT2D eigenvalue weighted by Gasteiger charge is 2.19. The van der Waals surface area contributed by atoms with Crippen molar-refractivity contribution in [1.29, 1.82) is 5.26 Å². The second-order valence-electron chi connectivity index (χ2n) is 3.01. The Balaban J connectivity index is 2.54. The van der Waals surface area contributed by atoms with E-state index in [2.05, 4.69) is 5.10 Å². The molecule has 0 fully saturated rings. The van der Waals surface area contributed by atoms with Crippen molar-refractivity contribution < 1.29 is 4.92 Å². The van der Waals surface area contributed by atoms with Crippen molar-refractivity contribution in [3.05, 3.63) is 52.3 Å². The van der Waals surface area contributed by atoms with Gasteiger partial charge in [-0.3, -0.25) is 10.1 Å². The van der Waals surface area contributed by atoms with Crippen LogP contribution in [0.5, 0.6) is 0 Å². The number of nitrogens with zero attached hydrogens (tertiary/aromatic N) is 4. The summed E-state index contributed by atoms with van der Waals surface area (Å²) in [5.41, 5.74) is 0.201. The maximum atomic E-state index is 10.6. The average molecular weight is 214 g/mol. The molecule has 78 valence electrons. The fourth-order valence-corrected chi connectivity index (χ4v) is 1.29. The van der Waals surface area contributed by atoms with Crippen LogP contribution in [-0.2, 0) is 0 Å². The number of nitro groups is 1. The fraction of sp³-hybridized carbons (Fsp3) is 0. The van der Waals surface area contributed by atoms with Crippen LogP contribution in [0.4, 0.5) is 5.69 Å². The minimum atomic E-state index is -0.620. The zero-order valence-corrected chi connectivity index (χ0v) is 8.07. The van der Waals surface area contributed by atoms with Crippen LogP contribution in [0.3, 0.4) is 0 Å². The molecule has 0 aliphatic heterocycles. The summed E-state index contributed by atoms with van der Waals surface area (Å²) >= 11 is 0. The van der Waals surface area contributed by atoms with E-state index in [0.29, 0.717) is 5.69 Å². The number of rotatable bonds is 2. The van der Waals surface area contributed by atoms with Gasteiger partial charge in [0.1, 0.15) is 12.3 Å². The van der Waals surface area contributed by atoms with E-state index in [4.69, 9.17) is 5.26 Å². The smallest absolute Gasteiger partial charge is 0.258 e. The third-order valence-electron chi connectivity index (χ3n) is 2.02. The molecule has 1 aromatic heterocycles. The van der Waals surface area contributed by atoms with E-state index in [1.54, 1.807) is 30.3 Å². The molecule has 0 bridgehead atoms. The van der Waals surface area contributed by atoms with Gasteiger partial charge in [-0.2, -0.15) is 5.26 Å². The second-order valence-corrected chi connectivity index (χ2v) is 3.01. The van der Waals surface area contributed by atoms with Crippen molar-refractivity contribution >= 4 is 5.69 Å². The average Bonchev–Trinajstić information content (AvgIpc) is 2.74. The number of hydrogen-bond donors (Lipinski definition) is 0. The normalized spacial score (nSPS) is 9.69. The van der Waals surface area contributed by atoms with Crippen molar-refractivity contribution in [2.75, 3.05) is 0 Å². The standard InChI is InChI=1S/C10H6N4O2/c11-6-9-10(14(15)16)7-13(12-9)8-4-2-1-3-5-8/h1-5,7H. The molecule has 2 aromatic rings. The van der Waals surface area contributed by atoms with Gasteiger partial charge in [-0.05, 0) is 12.1 Å². The summed E-state index contributed by atoms with van der Waals surface area (Å²) in [5.74, 6) is 0. The summed E-state index contributed by atoms with van der Waals surface area (Å²) in [7, 11) is 0. The molecule has 0 aliphatic rings. The third-order valence-corrected chi connectivity index (χ3v) is 2.02. The van der Waals surface area contributed by atoms with E-state index in [9.17, 15) is 10.1 Å². The number of benzene rings is 1. The molecule has 0 N–H and O–H groups in total. The molecule has 6 heteroatoms. The maximum Gasteiger partial charge on any atom is 0.325 e. The number of nitriles is 1. The lowest BCUT2D eigenvalue weighted by atomic mass is 10.3. The molecule has 0 atom stereocenters. The van der Waals surface area contributed by atoms with E-state index in [-0.39, 0.29) is 11.4 Å². The molecule has 0 unspecified atom stereocenters. The Labute approximate surface area is 90.5 Å². The van der Waals surface area contributed by atoms with Crippen LogP contribution in [0.2, 0.25) is 0 Å². The maximum absolute atomic E-state index is 10.6. The van der Waals surface area contributed by atoms with Crippen molar-refractivity contribution in [2.24, 2.45) is 0 Å². The first-order valence-electron chi connectivity index (χ1n) is 4.42. The minimum absolute atomic E-state index is 0.186. The second kappa shape index (κ2) is 3.82. The van der Waals surface area contributed by atoms with Crippen LogP contribution in [0.25, 0.3) is 5.69 Å². The Morgan fingerprint density at radius 1 is 1.38 bits per heavy atom. The summed E-state index contributed by atoms with van der Waals surface area (Å²) in [5, 5.41) is 23.2. The minimum Gasteiger partial charge on any atom is -0.258 e. The van der Waals surface area contributed by atoms with Crippen LogP contribution < -0.4 is 0 Å². The van der Waals surface area contributed by atoms with E-state index < -0.39 is 4.92 Å². The van der Waals surface area contributed by atoms with Crippen LogP contribution in [0.15, 0.2) is 36.5 Å². The number of hydrogen-bond acceptors (Lipinski definition) is 4. The fourth-order valence-electron chi connectivity index (χ4n) is 1.29. The zero-order valence-electron chi connectivity index (χ0n) is 8.07. The molecule has 2 rings (SSSR count). The van der Waals surface area contributed by atoms with Crippen molar-refractivity contribution in [3.8, 4) is 11.8 Å². The molecule has 1 aromatic carbocycles. The van der Waals surface area contributed by atoms with Crippen molar-refractivity contribution in [2.45, 2.75) is 0 Å². The third kappa shape index (κ3) is 1.62. The monoisotopic (exact) mass is 214 g/mol. The summed E-state index contributed by atoms with van der Waals surface area (Å²) in [6.45, 7) is 0. The van der Waals surface area contributed by atoms with Crippen LogP contribution in [-0.4, -0.2) is 14.7 Å². The first-order chi connectivity index (χ1) is 7.72. The van der Waals surface area contributed by atoms with E-state index >= 15 is 0 Å². The number of para-hydroxylation sites is 1. The van der Waals surface area contributed by atoms with Gasteiger partial charge in [0.25, 0.3) is 0 Å². The lowest BCUT2D eigenvalue weighted by Crippen LogP contribution is -1.93. The SMILES string of the molecule is N#Cc1nn(-c2ccccc2)cc1[N+](=O)[O-]. The topological polar surface area (TPSA) is 84.8 Å². The van der Waals surface area contributed by atoms with Gasteiger partial charge in [0.2, 0.25) is 5.69 Å². The lowest BCUT2D eigenvalue weighted by molar-refractivity contribution is -0.385. The highest BCUT2D eigenvalue weighted by atomic mass is 16.6. The molecular formula is C10H6N4O2. The molecule has 0 radical (unpaired) electrons. The Morgan fingerprint density at radius 2 is 2.06 bits per heavy atom. The van der Waals surface area contributed by atoms with Gasteiger partial charge in [-0.25, -0.2) is 4.68 Å². The largest absolute Gasteiger partial charge is 0.325 e. The van der Waals surface area contributed by atoms with Crippen LogP contribution in [0.1, 0.15) is 5.69 Å². The lowest BCUT2D eigenvalue weighted by Gasteiger charge is -1.97. The molecule has 16 heavy (non-hydrogen) atoms. The molecular weight excluding hydrogens is 208 g/mol. The molecule has 0 spiro atoms. The first kappa shape index (κ1) is 9.86. The van der Waals surface area contributed by atoms with Gasteiger partial charge in [0.05, 0.1) is 10.6 Å². The van der Waals surface area contributed by atoms with E-state index in [1.807, 2.05) is 6.07 Å². The first-order valence-corrected chi connectivity index (χ1v) is 4.42. The Morgan fingerprint density at radius 3 is 2.56 bits per heavy atom. The summed E-state index contributed by atoms with van der Waals surface area (Å²) < 4.78 is 1.32. The van der Waals surface area contributed by atoms with Crippen LogP contribution >= 0.6 is 0 Å². The highest BCUT2D eigenvalue weighted by molar-refractivity contribution is 5.44. The van der Waals surface area contributed by atoms with Gasteiger partial charge < -0.3 is 0 Å². The predicted molar refractivity (Wildman–Crippen MR) is 54.9 cm³/mol. The van der Waals surface area contributed by atoms with Gasteiger partial charge in [0, 0.05) is 0 Å². The summed E-state index contributed by atoms with van der Waals surface area (Å²) in [6, 6.07) is 10.6. The molecule has 0 saturated heterocycles. The quantitative estimate of drug-likeness (QED) is 0.562. The molecule has 0 amide bonds. The molecule has 0 aliphatic carbocycles. The van der Waals surface area contributed by atoms with Crippen molar-refractivity contribution in [1.82, 2.24) is 9.78 Å².